The average molecular weight is 283 g/mol. The van der Waals surface area contributed by atoms with Crippen molar-refractivity contribution < 1.29 is 19.1 Å². The lowest BCUT2D eigenvalue weighted by atomic mass is 10.0. The predicted molar refractivity (Wildman–Crippen MR) is 77.1 cm³/mol. The number of carbonyl (C=O) groups is 3. The molecule has 0 rings (SSSR count). The molecule has 1 atom stereocenters. The van der Waals surface area contributed by atoms with Crippen molar-refractivity contribution in [2.24, 2.45) is 0 Å². The Balaban J connectivity index is 5.11. The highest BCUT2D eigenvalue weighted by Crippen LogP contribution is 2.20. The van der Waals surface area contributed by atoms with Crippen LogP contribution in [0.15, 0.2) is 12.2 Å². The molecule has 0 aliphatic heterocycles. The lowest BCUT2D eigenvalue weighted by Crippen LogP contribution is -2.55. The summed E-state index contributed by atoms with van der Waals surface area (Å²) in [4.78, 5) is 36.4. The van der Waals surface area contributed by atoms with E-state index in [1.54, 1.807) is 6.92 Å². The van der Waals surface area contributed by atoms with Gasteiger partial charge in [-0.2, -0.15) is 0 Å². The summed E-state index contributed by atoms with van der Waals surface area (Å²) >= 11 is 0. The number of ether oxygens (including phenoxy) is 1. The normalized spacial score (nSPS) is 12.5. The largest absolute Gasteiger partial charge is 0.460 e. The molecule has 0 bridgehead atoms. The molecule has 1 unspecified atom stereocenters. The lowest BCUT2D eigenvalue weighted by Gasteiger charge is -2.40. The van der Waals surface area contributed by atoms with Gasteiger partial charge in [-0.3, -0.25) is 9.59 Å². The van der Waals surface area contributed by atoms with Crippen LogP contribution < -0.4 is 0 Å². The monoisotopic (exact) mass is 283 g/mol. The zero-order chi connectivity index (χ0) is 16.1. The van der Waals surface area contributed by atoms with Crippen molar-refractivity contribution in [2.45, 2.75) is 59.5 Å². The van der Waals surface area contributed by atoms with Crippen molar-refractivity contribution in [2.75, 3.05) is 6.61 Å². The first-order chi connectivity index (χ1) is 9.02. The molecule has 1 amide bonds. The molecule has 0 fully saturated rings. The molecular weight excluding hydrogens is 258 g/mol. The highest BCUT2D eigenvalue weighted by Gasteiger charge is 2.34. The number of ketones is 1. The van der Waals surface area contributed by atoms with Crippen LogP contribution in [0, 0.1) is 0 Å². The van der Waals surface area contributed by atoms with Crippen LogP contribution in [0.4, 0.5) is 0 Å². The molecule has 0 radical (unpaired) electrons. The van der Waals surface area contributed by atoms with Crippen molar-refractivity contribution in [3.63, 3.8) is 0 Å². The number of hydrogen-bond acceptors (Lipinski definition) is 4. The van der Waals surface area contributed by atoms with E-state index in [9.17, 15) is 14.4 Å². The summed E-state index contributed by atoms with van der Waals surface area (Å²) in [7, 11) is 0. The second kappa shape index (κ2) is 7.22. The fourth-order valence-electron chi connectivity index (χ4n) is 1.86. The summed E-state index contributed by atoms with van der Waals surface area (Å²) in [5.74, 6) is -1.58. The number of rotatable bonds is 6. The van der Waals surface area contributed by atoms with Gasteiger partial charge >= 0.3 is 5.97 Å². The topological polar surface area (TPSA) is 63.7 Å². The third-order valence-corrected chi connectivity index (χ3v) is 2.83. The smallest absolute Gasteiger partial charge is 0.333 e. The quantitative estimate of drug-likeness (QED) is 0.425. The Labute approximate surface area is 121 Å². The molecule has 5 heteroatoms. The minimum atomic E-state index is -0.560. The highest BCUT2D eigenvalue weighted by molar-refractivity contribution is 6.35. The number of carbonyl (C=O) groups excluding carboxylic acids is 3. The zero-order valence-corrected chi connectivity index (χ0v) is 13.3. The van der Waals surface area contributed by atoms with E-state index in [1.165, 1.54) is 11.8 Å². The van der Waals surface area contributed by atoms with Gasteiger partial charge in [0, 0.05) is 18.0 Å². The second-order valence-corrected chi connectivity index (χ2v) is 5.84. The molecule has 0 saturated carbocycles. The van der Waals surface area contributed by atoms with Gasteiger partial charge in [-0.1, -0.05) is 13.5 Å². The molecular formula is C15H25NO4. The third-order valence-electron chi connectivity index (χ3n) is 2.83. The van der Waals surface area contributed by atoms with E-state index in [4.69, 9.17) is 4.74 Å². The SMILES string of the molecule is C=C(C)C(=O)OCC(CC)N(C(=O)C(C)=O)C(C)(C)C. The van der Waals surface area contributed by atoms with Crippen LogP contribution in [-0.2, 0) is 19.1 Å². The van der Waals surface area contributed by atoms with Gasteiger partial charge in [-0.05, 0) is 34.1 Å². The minimum Gasteiger partial charge on any atom is -0.460 e. The molecule has 0 N–H and O–H groups in total. The van der Waals surface area contributed by atoms with E-state index >= 15 is 0 Å². The third kappa shape index (κ3) is 5.15. The van der Waals surface area contributed by atoms with Crippen molar-refractivity contribution in [3.8, 4) is 0 Å². The lowest BCUT2D eigenvalue weighted by molar-refractivity contribution is -0.153. The standard InChI is InChI=1S/C15H25NO4/c1-8-12(9-20-14(19)10(2)3)16(15(5,6)7)13(18)11(4)17/h12H,2,8-9H2,1,3-7H3. The molecule has 0 aromatic carbocycles. The van der Waals surface area contributed by atoms with E-state index in [1.807, 2.05) is 27.7 Å². The number of Topliss-reactive ketones (excluding diaryl/α,β-unsaturated/α-hetero) is 1. The maximum absolute atomic E-state index is 12.1. The van der Waals surface area contributed by atoms with E-state index in [0.717, 1.165) is 0 Å². The van der Waals surface area contributed by atoms with E-state index < -0.39 is 23.2 Å². The fourth-order valence-corrected chi connectivity index (χ4v) is 1.86. The van der Waals surface area contributed by atoms with E-state index in [2.05, 4.69) is 6.58 Å². The van der Waals surface area contributed by atoms with Crippen molar-refractivity contribution in [1.29, 1.82) is 0 Å². The minimum absolute atomic E-state index is 0.0541. The van der Waals surface area contributed by atoms with E-state index in [-0.39, 0.29) is 12.6 Å². The molecule has 0 saturated heterocycles. The summed E-state index contributed by atoms with van der Waals surface area (Å²) in [5.41, 5.74) is -0.223. The molecule has 0 aliphatic rings. The van der Waals surface area contributed by atoms with Gasteiger partial charge in [0.05, 0.1) is 6.04 Å². The van der Waals surface area contributed by atoms with Crippen LogP contribution in [0.3, 0.4) is 0 Å². The van der Waals surface area contributed by atoms with Crippen molar-refractivity contribution in [3.05, 3.63) is 12.2 Å². The number of esters is 1. The van der Waals surface area contributed by atoms with Gasteiger partial charge in [-0.15, -0.1) is 0 Å². The Morgan fingerprint density at radius 1 is 1.20 bits per heavy atom. The van der Waals surface area contributed by atoms with Crippen LogP contribution in [-0.4, -0.2) is 40.7 Å². The Hall–Kier alpha value is -1.65. The number of nitrogens with zero attached hydrogens (tertiary/aromatic N) is 1. The molecule has 0 spiro atoms. The van der Waals surface area contributed by atoms with Crippen LogP contribution in [0.25, 0.3) is 0 Å². The molecule has 114 valence electrons. The highest BCUT2D eigenvalue weighted by atomic mass is 16.5. The van der Waals surface area contributed by atoms with Crippen LogP contribution in [0.1, 0.15) is 48.0 Å². The summed E-state index contributed by atoms with van der Waals surface area (Å²) in [6.45, 7) is 13.8. The number of amides is 1. The molecule has 0 aliphatic carbocycles. The maximum Gasteiger partial charge on any atom is 0.333 e. The summed E-state index contributed by atoms with van der Waals surface area (Å²) in [5, 5.41) is 0. The Morgan fingerprint density at radius 3 is 2.00 bits per heavy atom. The van der Waals surface area contributed by atoms with E-state index in [0.29, 0.717) is 12.0 Å². The van der Waals surface area contributed by atoms with Crippen molar-refractivity contribution in [1.82, 2.24) is 4.90 Å². The van der Waals surface area contributed by atoms with Crippen LogP contribution in [0.5, 0.6) is 0 Å². The molecule has 20 heavy (non-hydrogen) atoms. The average Bonchev–Trinajstić information content (AvgIpc) is 2.31. The van der Waals surface area contributed by atoms with Gasteiger partial charge in [0.1, 0.15) is 6.61 Å². The molecule has 0 aromatic heterocycles. The summed E-state index contributed by atoms with van der Waals surface area (Å²) in [6.07, 6.45) is 0.583. The maximum atomic E-state index is 12.1. The van der Waals surface area contributed by atoms with Crippen LogP contribution in [0.2, 0.25) is 0 Å². The van der Waals surface area contributed by atoms with Gasteiger partial charge in [0.2, 0.25) is 5.78 Å². The summed E-state index contributed by atoms with van der Waals surface area (Å²) in [6, 6.07) is -0.338. The number of hydrogen-bond donors (Lipinski definition) is 0. The van der Waals surface area contributed by atoms with Gasteiger partial charge in [-0.25, -0.2) is 4.79 Å². The Bertz CT molecular complexity index is 407. The van der Waals surface area contributed by atoms with Gasteiger partial charge in [0.25, 0.3) is 5.91 Å². The Kier molecular flexibility index (Phi) is 6.62. The first kappa shape index (κ1) is 18.4. The van der Waals surface area contributed by atoms with Gasteiger partial charge < -0.3 is 9.64 Å². The molecule has 0 heterocycles. The van der Waals surface area contributed by atoms with Crippen LogP contribution >= 0.6 is 0 Å². The first-order valence-corrected chi connectivity index (χ1v) is 6.69. The zero-order valence-electron chi connectivity index (χ0n) is 13.3. The fraction of sp³-hybridized carbons (Fsp3) is 0.667. The van der Waals surface area contributed by atoms with Crippen molar-refractivity contribution >= 4 is 17.7 Å². The second-order valence-electron chi connectivity index (χ2n) is 5.84. The van der Waals surface area contributed by atoms with Gasteiger partial charge in [0.15, 0.2) is 0 Å². The summed E-state index contributed by atoms with van der Waals surface area (Å²) < 4.78 is 5.12. The molecule has 5 nitrogen and oxygen atoms in total. The first-order valence-electron chi connectivity index (χ1n) is 6.69. The molecule has 0 aromatic rings. The predicted octanol–water partition coefficient (Wildman–Crippen LogP) is 2.10. The Morgan fingerprint density at radius 2 is 1.70 bits per heavy atom.